The summed E-state index contributed by atoms with van der Waals surface area (Å²) in [5.74, 6) is -1.18. The Morgan fingerprint density at radius 1 is 1.33 bits per heavy atom. The molecule has 3 aliphatic carbocycles. The Hall–Kier alpha value is -1.42. The van der Waals surface area contributed by atoms with E-state index in [1.165, 1.54) is 0 Å². The summed E-state index contributed by atoms with van der Waals surface area (Å²) in [7, 11) is 0. The van der Waals surface area contributed by atoms with Crippen LogP contribution in [0.25, 0.3) is 0 Å². The van der Waals surface area contributed by atoms with Gasteiger partial charge in [-0.2, -0.15) is 0 Å². The molecule has 0 aromatic carbocycles. The predicted octanol–water partition coefficient (Wildman–Crippen LogP) is 3.50. The minimum atomic E-state index is -1.44. The molecule has 24 heavy (non-hydrogen) atoms. The van der Waals surface area contributed by atoms with Crippen LogP contribution in [0.2, 0.25) is 0 Å². The monoisotopic (exact) mass is 332 g/mol. The molecule has 5 unspecified atom stereocenters. The normalized spacial score (nSPS) is 45.0. The summed E-state index contributed by atoms with van der Waals surface area (Å²) in [4.78, 5) is 24.9. The molecule has 2 saturated carbocycles. The topological polar surface area (TPSA) is 74.6 Å². The van der Waals surface area contributed by atoms with E-state index < -0.39 is 22.4 Å². The number of aliphatic hydroxyl groups is 1. The van der Waals surface area contributed by atoms with Crippen molar-refractivity contribution in [3.63, 3.8) is 0 Å². The SMILES string of the molecule is C=C(C)C1CC=C2C(O)(C1)C(=O)CC1C(C)(C(=O)O)CCCC21C. The average Bonchev–Trinajstić information content (AvgIpc) is 2.49. The van der Waals surface area contributed by atoms with Gasteiger partial charge >= 0.3 is 5.97 Å². The smallest absolute Gasteiger partial charge is 0.309 e. The van der Waals surface area contributed by atoms with Crippen LogP contribution in [0.15, 0.2) is 23.8 Å². The lowest BCUT2D eigenvalue weighted by Gasteiger charge is -2.58. The third-order valence-electron chi connectivity index (χ3n) is 7.18. The van der Waals surface area contributed by atoms with Gasteiger partial charge < -0.3 is 10.2 Å². The Kier molecular flexibility index (Phi) is 3.83. The van der Waals surface area contributed by atoms with Gasteiger partial charge in [-0.15, -0.1) is 0 Å². The van der Waals surface area contributed by atoms with Gasteiger partial charge in [0.25, 0.3) is 0 Å². The standard InChI is InChI=1S/C20H28O4/c1-12(2)13-6-7-14-18(3)8-5-9-19(4,17(22)23)15(18)10-16(21)20(14,24)11-13/h7,13,15,24H,1,5-6,8-11H2,2-4H3,(H,22,23). The molecule has 2 fully saturated rings. The van der Waals surface area contributed by atoms with E-state index in [-0.39, 0.29) is 24.0 Å². The number of Topliss-reactive ketones (excluding diaryl/α,β-unsaturated/α-hetero) is 1. The van der Waals surface area contributed by atoms with Crippen LogP contribution >= 0.6 is 0 Å². The molecule has 0 aromatic heterocycles. The van der Waals surface area contributed by atoms with Crippen molar-refractivity contribution in [2.45, 2.75) is 64.9 Å². The zero-order valence-corrected chi connectivity index (χ0v) is 14.9. The third kappa shape index (κ3) is 2.15. The Morgan fingerprint density at radius 2 is 2.00 bits per heavy atom. The largest absolute Gasteiger partial charge is 0.481 e. The first-order chi connectivity index (χ1) is 11.1. The molecule has 0 bridgehead atoms. The molecule has 0 aliphatic heterocycles. The van der Waals surface area contributed by atoms with E-state index in [4.69, 9.17) is 0 Å². The first-order valence-corrected chi connectivity index (χ1v) is 8.91. The lowest BCUT2D eigenvalue weighted by molar-refractivity contribution is -0.168. The van der Waals surface area contributed by atoms with E-state index in [1.807, 2.05) is 13.0 Å². The fraction of sp³-hybridized carbons (Fsp3) is 0.700. The molecule has 0 spiro atoms. The lowest BCUT2D eigenvalue weighted by Crippen LogP contribution is -2.61. The van der Waals surface area contributed by atoms with Crippen molar-refractivity contribution < 1.29 is 19.8 Å². The van der Waals surface area contributed by atoms with E-state index in [9.17, 15) is 19.8 Å². The second-order valence-electron chi connectivity index (χ2n) is 8.63. The van der Waals surface area contributed by atoms with Crippen LogP contribution in [-0.2, 0) is 9.59 Å². The van der Waals surface area contributed by atoms with Gasteiger partial charge in [-0.25, -0.2) is 0 Å². The molecule has 0 saturated heterocycles. The van der Waals surface area contributed by atoms with Crippen molar-refractivity contribution in [2.24, 2.45) is 22.7 Å². The molecule has 2 N–H and O–H groups in total. The van der Waals surface area contributed by atoms with Crippen LogP contribution in [-0.4, -0.2) is 27.6 Å². The number of carboxylic acid groups (broad SMARTS) is 1. The van der Waals surface area contributed by atoms with Gasteiger partial charge in [-0.05, 0) is 62.4 Å². The second kappa shape index (κ2) is 5.29. The molecular weight excluding hydrogens is 304 g/mol. The van der Waals surface area contributed by atoms with Gasteiger partial charge in [-0.3, -0.25) is 9.59 Å². The highest BCUT2D eigenvalue weighted by atomic mass is 16.4. The average molecular weight is 332 g/mol. The van der Waals surface area contributed by atoms with Crippen LogP contribution in [0, 0.1) is 22.7 Å². The number of carboxylic acids is 1. The summed E-state index contributed by atoms with van der Waals surface area (Å²) >= 11 is 0. The number of carbonyl (C=O) groups is 2. The number of hydrogen-bond acceptors (Lipinski definition) is 3. The molecule has 5 atom stereocenters. The number of allylic oxidation sites excluding steroid dienone is 2. The molecule has 3 aliphatic rings. The van der Waals surface area contributed by atoms with E-state index in [0.29, 0.717) is 12.8 Å². The third-order valence-corrected chi connectivity index (χ3v) is 7.18. The maximum absolute atomic E-state index is 12.9. The van der Waals surface area contributed by atoms with Crippen molar-refractivity contribution in [1.82, 2.24) is 0 Å². The van der Waals surface area contributed by atoms with Crippen LogP contribution in [0.3, 0.4) is 0 Å². The highest BCUT2D eigenvalue weighted by Crippen LogP contribution is 2.63. The van der Waals surface area contributed by atoms with Crippen LogP contribution in [0.5, 0.6) is 0 Å². The van der Waals surface area contributed by atoms with Crippen molar-refractivity contribution >= 4 is 11.8 Å². The van der Waals surface area contributed by atoms with Crippen molar-refractivity contribution in [1.29, 1.82) is 0 Å². The van der Waals surface area contributed by atoms with E-state index >= 15 is 0 Å². The van der Waals surface area contributed by atoms with E-state index in [0.717, 1.165) is 30.4 Å². The number of carbonyl (C=O) groups excluding carboxylic acids is 1. The predicted molar refractivity (Wildman–Crippen MR) is 91.4 cm³/mol. The second-order valence-corrected chi connectivity index (χ2v) is 8.63. The van der Waals surface area contributed by atoms with Gasteiger partial charge in [0.1, 0.15) is 5.60 Å². The molecular formula is C20H28O4. The maximum Gasteiger partial charge on any atom is 0.309 e. The van der Waals surface area contributed by atoms with Gasteiger partial charge in [0.2, 0.25) is 0 Å². The Morgan fingerprint density at radius 3 is 2.58 bits per heavy atom. The maximum atomic E-state index is 12.9. The molecule has 0 aromatic rings. The molecule has 4 nitrogen and oxygen atoms in total. The summed E-state index contributed by atoms with van der Waals surface area (Å²) in [5, 5.41) is 21.1. The number of ketones is 1. The summed E-state index contributed by atoms with van der Waals surface area (Å²) in [5.41, 5.74) is -1.01. The van der Waals surface area contributed by atoms with E-state index in [1.54, 1.807) is 6.92 Å². The van der Waals surface area contributed by atoms with Crippen molar-refractivity contribution in [3.05, 3.63) is 23.8 Å². The van der Waals surface area contributed by atoms with Gasteiger partial charge in [0.05, 0.1) is 5.41 Å². The van der Waals surface area contributed by atoms with Crippen molar-refractivity contribution in [2.75, 3.05) is 0 Å². The fourth-order valence-corrected chi connectivity index (χ4v) is 5.58. The Bertz CT molecular complexity index is 648. The minimum absolute atomic E-state index is 0.109. The van der Waals surface area contributed by atoms with Gasteiger partial charge in [0, 0.05) is 6.42 Å². The minimum Gasteiger partial charge on any atom is -0.481 e. The summed E-state index contributed by atoms with van der Waals surface area (Å²) < 4.78 is 0. The number of fused-ring (bicyclic) bond motifs is 3. The highest BCUT2D eigenvalue weighted by molar-refractivity contribution is 5.94. The molecule has 0 heterocycles. The van der Waals surface area contributed by atoms with Gasteiger partial charge in [0.15, 0.2) is 5.78 Å². The van der Waals surface area contributed by atoms with Crippen LogP contribution in [0.4, 0.5) is 0 Å². The molecule has 4 heteroatoms. The molecule has 3 rings (SSSR count). The Labute approximate surface area is 143 Å². The van der Waals surface area contributed by atoms with Crippen LogP contribution < -0.4 is 0 Å². The van der Waals surface area contributed by atoms with E-state index in [2.05, 4.69) is 13.5 Å². The first kappa shape index (κ1) is 17.4. The summed E-state index contributed by atoms with van der Waals surface area (Å²) in [6.45, 7) is 9.76. The zero-order chi connectivity index (χ0) is 17.9. The quantitative estimate of drug-likeness (QED) is 0.759. The molecule has 0 radical (unpaired) electrons. The Balaban J connectivity index is 2.10. The first-order valence-electron chi connectivity index (χ1n) is 8.91. The van der Waals surface area contributed by atoms with Crippen LogP contribution in [0.1, 0.15) is 59.3 Å². The fourth-order valence-electron chi connectivity index (χ4n) is 5.58. The summed E-state index contributed by atoms with van der Waals surface area (Å²) in [6.07, 6.45) is 5.55. The highest BCUT2D eigenvalue weighted by Gasteiger charge is 2.63. The molecule has 132 valence electrons. The number of aliphatic carboxylic acids is 1. The summed E-state index contributed by atoms with van der Waals surface area (Å²) in [6, 6.07) is 0. The zero-order valence-electron chi connectivity index (χ0n) is 14.9. The van der Waals surface area contributed by atoms with Crippen molar-refractivity contribution in [3.8, 4) is 0 Å². The number of hydrogen-bond donors (Lipinski definition) is 2. The van der Waals surface area contributed by atoms with Gasteiger partial charge in [-0.1, -0.05) is 31.6 Å². The number of rotatable bonds is 2. The molecule has 0 amide bonds. The lowest BCUT2D eigenvalue weighted by atomic mass is 9.45.